The molecule has 2 rings (SSSR count). The average Bonchev–Trinajstić information content (AvgIpc) is 2.68. The predicted molar refractivity (Wildman–Crippen MR) is 65.3 cm³/mol. The molecule has 9 heteroatoms. The number of halogens is 3. The standard InChI is InChI=1S/C11H13F3N4O2/c1-6-7(15)2-3-17(6)8-4-10(11(12,13)14)16-5-9(8)18(19)20/h4-7H,2-3,15H2,1H3. The third-order valence-electron chi connectivity index (χ3n) is 3.47. The van der Waals surface area contributed by atoms with Crippen molar-refractivity contribution in [1.82, 2.24) is 4.98 Å². The molecule has 1 saturated heterocycles. The second-order valence-corrected chi connectivity index (χ2v) is 4.70. The van der Waals surface area contributed by atoms with Gasteiger partial charge in [0, 0.05) is 18.6 Å². The highest BCUT2D eigenvalue weighted by Gasteiger charge is 2.37. The Morgan fingerprint density at radius 3 is 2.65 bits per heavy atom. The van der Waals surface area contributed by atoms with Gasteiger partial charge < -0.3 is 10.6 Å². The monoisotopic (exact) mass is 290 g/mol. The first-order chi connectivity index (χ1) is 9.21. The molecule has 6 nitrogen and oxygen atoms in total. The second-order valence-electron chi connectivity index (χ2n) is 4.70. The van der Waals surface area contributed by atoms with Crippen LogP contribution in [0, 0.1) is 10.1 Å². The zero-order valence-corrected chi connectivity index (χ0v) is 10.6. The first-order valence-electron chi connectivity index (χ1n) is 5.95. The summed E-state index contributed by atoms with van der Waals surface area (Å²) in [6, 6.07) is 0.224. The fraction of sp³-hybridized carbons (Fsp3) is 0.545. The molecule has 1 aromatic heterocycles. The summed E-state index contributed by atoms with van der Waals surface area (Å²) in [4.78, 5) is 14.9. The van der Waals surface area contributed by atoms with Crippen molar-refractivity contribution in [1.29, 1.82) is 0 Å². The van der Waals surface area contributed by atoms with Crippen LogP contribution in [0.15, 0.2) is 12.3 Å². The first kappa shape index (κ1) is 14.5. The molecule has 1 fully saturated rings. The molecule has 0 spiro atoms. The Balaban J connectivity index is 2.51. The van der Waals surface area contributed by atoms with Gasteiger partial charge in [0.05, 0.1) is 4.92 Å². The van der Waals surface area contributed by atoms with Crippen LogP contribution in [0.1, 0.15) is 19.0 Å². The Kier molecular flexibility index (Phi) is 3.55. The molecule has 2 atom stereocenters. The smallest absolute Gasteiger partial charge is 0.362 e. The number of rotatable bonds is 2. The molecule has 0 radical (unpaired) electrons. The number of nitrogens with zero attached hydrogens (tertiary/aromatic N) is 3. The summed E-state index contributed by atoms with van der Waals surface area (Å²) in [7, 11) is 0. The number of nitrogens with two attached hydrogens (primary N) is 1. The van der Waals surface area contributed by atoms with Crippen LogP contribution in [0.2, 0.25) is 0 Å². The van der Waals surface area contributed by atoms with Gasteiger partial charge in [-0.3, -0.25) is 10.1 Å². The summed E-state index contributed by atoms with van der Waals surface area (Å²) in [5, 5.41) is 11.0. The normalized spacial score (nSPS) is 23.1. The molecular formula is C11H13F3N4O2. The third kappa shape index (κ3) is 2.53. The number of anilines is 1. The van der Waals surface area contributed by atoms with Gasteiger partial charge in [0.2, 0.25) is 0 Å². The third-order valence-corrected chi connectivity index (χ3v) is 3.47. The highest BCUT2D eigenvalue weighted by atomic mass is 19.4. The molecule has 110 valence electrons. The van der Waals surface area contributed by atoms with E-state index < -0.39 is 22.5 Å². The number of nitro groups is 1. The van der Waals surface area contributed by atoms with Gasteiger partial charge in [-0.15, -0.1) is 0 Å². The minimum Gasteiger partial charge on any atom is -0.362 e. The van der Waals surface area contributed by atoms with Crippen molar-refractivity contribution >= 4 is 11.4 Å². The van der Waals surface area contributed by atoms with Gasteiger partial charge in [0.25, 0.3) is 0 Å². The second kappa shape index (κ2) is 4.89. The van der Waals surface area contributed by atoms with Gasteiger partial charge in [-0.2, -0.15) is 13.2 Å². The van der Waals surface area contributed by atoms with Crippen molar-refractivity contribution in [2.24, 2.45) is 5.73 Å². The van der Waals surface area contributed by atoms with Gasteiger partial charge in [-0.1, -0.05) is 0 Å². The maximum absolute atomic E-state index is 12.7. The Morgan fingerprint density at radius 1 is 1.55 bits per heavy atom. The summed E-state index contributed by atoms with van der Waals surface area (Å²) < 4.78 is 38.1. The van der Waals surface area contributed by atoms with E-state index in [0.717, 1.165) is 0 Å². The first-order valence-corrected chi connectivity index (χ1v) is 5.95. The van der Waals surface area contributed by atoms with Crippen LogP contribution >= 0.6 is 0 Å². The maximum atomic E-state index is 12.7. The highest BCUT2D eigenvalue weighted by molar-refractivity contribution is 5.64. The lowest BCUT2D eigenvalue weighted by molar-refractivity contribution is -0.384. The molecule has 0 bridgehead atoms. The fourth-order valence-electron chi connectivity index (χ4n) is 2.27. The average molecular weight is 290 g/mol. The molecule has 20 heavy (non-hydrogen) atoms. The number of pyridine rings is 1. The van der Waals surface area contributed by atoms with Gasteiger partial charge >= 0.3 is 11.9 Å². The SMILES string of the molecule is CC1C(N)CCN1c1cc(C(F)(F)F)ncc1[N+](=O)[O-]. The van der Waals surface area contributed by atoms with Crippen LogP contribution in [0.3, 0.4) is 0 Å². The number of alkyl halides is 3. The fourth-order valence-corrected chi connectivity index (χ4v) is 2.27. The molecule has 0 saturated carbocycles. The molecule has 2 N–H and O–H groups in total. The molecular weight excluding hydrogens is 277 g/mol. The summed E-state index contributed by atoms with van der Waals surface area (Å²) in [5.41, 5.74) is 4.13. The van der Waals surface area contributed by atoms with Crippen LogP contribution in [-0.2, 0) is 6.18 Å². The van der Waals surface area contributed by atoms with Gasteiger partial charge in [0.1, 0.15) is 17.6 Å². The molecule has 0 amide bonds. The summed E-state index contributed by atoms with van der Waals surface area (Å²) in [6.07, 6.45) is -3.42. The molecule has 1 aliphatic rings. The summed E-state index contributed by atoms with van der Waals surface area (Å²) in [6.45, 7) is 2.11. The number of hydrogen-bond donors (Lipinski definition) is 1. The zero-order chi connectivity index (χ0) is 15.1. The van der Waals surface area contributed by atoms with Crippen LogP contribution in [0.5, 0.6) is 0 Å². The van der Waals surface area contributed by atoms with Crippen LogP contribution < -0.4 is 10.6 Å². The lowest BCUT2D eigenvalue weighted by Gasteiger charge is -2.25. The van der Waals surface area contributed by atoms with Crippen molar-refractivity contribution in [3.8, 4) is 0 Å². The molecule has 0 aromatic carbocycles. The summed E-state index contributed by atoms with van der Waals surface area (Å²) >= 11 is 0. The van der Waals surface area contributed by atoms with Gasteiger partial charge in [-0.25, -0.2) is 4.98 Å². The molecule has 2 unspecified atom stereocenters. The van der Waals surface area contributed by atoms with Crippen molar-refractivity contribution in [3.63, 3.8) is 0 Å². The molecule has 1 aliphatic heterocycles. The minimum atomic E-state index is -4.64. The predicted octanol–water partition coefficient (Wildman–Crippen LogP) is 1.93. The molecule has 2 heterocycles. The zero-order valence-electron chi connectivity index (χ0n) is 10.6. The maximum Gasteiger partial charge on any atom is 0.433 e. The Bertz CT molecular complexity index is 535. The van der Waals surface area contributed by atoms with E-state index in [9.17, 15) is 23.3 Å². The Labute approximate surface area is 112 Å². The van der Waals surface area contributed by atoms with Crippen LogP contribution in [0.25, 0.3) is 0 Å². The van der Waals surface area contributed by atoms with E-state index in [4.69, 9.17) is 5.73 Å². The van der Waals surface area contributed by atoms with E-state index in [1.54, 1.807) is 6.92 Å². The lowest BCUT2D eigenvalue weighted by Crippen LogP contribution is -2.37. The van der Waals surface area contributed by atoms with Crippen molar-refractivity contribution < 1.29 is 18.1 Å². The van der Waals surface area contributed by atoms with E-state index in [1.165, 1.54) is 4.90 Å². The van der Waals surface area contributed by atoms with E-state index >= 15 is 0 Å². The Morgan fingerprint density at radius 2 is 2.20 bits per heavy atom. The van der Waals surface area contributed by atoms with Crippen LogP contribution in [-0.4, -0.2) is 28.5 Å². The molecule has 0 aliphatic carbocycles. The van der Waals surface area contributed by atoms with Gasteiger partial charge in [-0.05, 0) is 19.4 Å². The topological polar surface area (TPSA) is 85.3 Å². The quantitative estimate of drug-likeness (QED) is 0.664. The highest BCUT2D eigenvalue weighted by Crippen LogP contribution is 2.37. The van der Waals surface area contributed by atoms with E-state index in [1.807, 2.05) is 0 Å². The minimum absolute atomic E-state index is 0.0854. The Hall–Kier alpha value is -1.90. The van der Waals surface area contributed by atoms with Gasteiger partial charge in [0.15, 0.2) is 0 Å². The van der Waals surface area contributed by atoms with Crippen molar-refractivity contribution in [2.45, 2.75) is 31.6 Å². The summed E-state index contributed by atoms with van der Waals surface area (Å²) in [5.74, 6) is 0. The largest absolute Gasteiger partial charge is 0.433 e. The van der Waals surface area contributed by atoms with Crippen LogP contribution in [0.4, 0.5) is 24.5 Å². The van der Waals surface area contributed by atoms with E-state index in [2.05, 4.69) is 4.98 Å². The number of hydrogen-bond acceptors (Lipinski definition) is 5. The van der Waals surface area contributed by atoms with Crippen molar-refractivity contribution in [2.75, 3.05) is 11.4 Å². The van der Waals surface area contributed by atoms with Crippen molar-refractivity contribution in [3.05, 3.63) is 28.1 Å². The lowest BCUT2D eigenvalue weighted by atomic mass is 10.1. The van der Waals surface area contributed by atoms with E-state index in [0.29, 0.717) is 25.2 Å². The molecule has 1 aromatic rings. The number of aromatic nitrogens is 1. The van der Waals surface area contributed by atoms with E-state index in [-0.39, 0.29) is 17.8 Å².